The van der Waals surface area contributed by atoms with Crippen molar-refractivity contribution >= 4 is 44.6 Å². The minimum atomic E-state index is -4.21. The van der Waals surface area contributed by atoms with Crippen molar-refractivity contribution in [3.8, 4) is 11.9 Å². The first kappa shape index (κ1) is 42.2. The average Bonchev–Trinajstić information content (AvgIpc) is 4.13. The van der Waals surface area contributed by atoms with Crippen LogP contribution in [0.4, 0.5) is 8.78 Å². The van der Waals surface area contributed by atoms with Gasteiger partial charge in [0.2, 0.25) is 34.1 Å². The maximum absolute atomic E-state index is 15.0. The Bertz CT molecular complexity index is 2300. The van der Waals surface area contributed by atoms with E-state index in [1.165, 1.54) is 11.8 Å². The minimum Gasteiger partial charge on any atom is -0.471 e. The van der Waals surface area contributed by atoms with E-state index < -0.39 is 98.3 Å². The Morgan fingerprint density at radius 1 is 1.07 bits per heavy atom. The van der Waals surface area contributed by atoms with Crippen LogP contribution in [0.1, 0.15) is 104 Å². The maximum Gasteiger partial charge on any atom is 0.306 e. The molecule has 10 atom stereocenters. The van der Waals surface area contributed by atoms with Gasteiger partial charge in [0.05, 0.1) is 57.8 Å². The predicted octanol–water partition coefficient (Wildman–Crippen LogP) is 5.84. The van der Waals surface area contributed by atoms with E-state index in [1.54, 1.807) is 25.1 Å². The largest absolute Gasteiger partial charge is 0.471 e. The molecule has 16 heteroatoms. The van der Waals surface area contributed by atoms with Gasteiger partial charge in [-0.1, -0.05) is 39.8 Å². The number of Topliss-reactive ketones (excluding diaryl/α,β-unsaturated/α-hetero) is 1. The molecule has 2 amide bonds. The van der Waals surface area contributed by atoms with Gasteiger partial charge in [0.1, 0.15) is 17.9 Å². The number of nitrogens with one attached hydrogen (secondary N) is 1. The average molecular weight is 850 g/mol. The molecule has 3 heterocycles. The van der Waals surface area contributed by atoms with Crippen LogP contribution in [0.3, 0.4) is 0 Å². The zero-order valence-corrected chi connectivity index (χ0v) is 35.5. The highest BCUT2D eigenvalue weighted by Crippen LogP contribution is 2.60. The van der Waals surface area contributed by atoms with Gasteiger partial charge in [0.25, 0.3) is 0 Å². The number of alkyl halides is 2. The highest BCUT2D eigenvalue weighted by Gasteiger charge is 2.67. The molecule has 1 saturated heterocycles. The van der Waals surface area contributed by atoms with Crippen molar-refractivity contribution in [3.63, 3.8) is 0 Å². The van der Waals surface area contributed by atoms with Crippen LogP contribution in [0.2, 0.25) is 0 Å². The van der Waals surface area contributed by atoms with Gasteiger partial charge >= 0.3 is 5.97 Å². The molecule has 8 rings (SSSR count). The Morgan fingerprint density at radius 3 is 2.48 bits per heavy atom. The summed E-state index contributed by atoms with van der Waals surface area (Å²) in [5, 5.41) is 9.60. The Morgan fingerprint density at radius 2 is 1.82 bits per heavy atom. The maximum atomic E-state index is 15.0. The van der Waals surface area contributed by atoms with Crippen molar-refractivity contribution in [1.29, 1.82) is 5.26 Å². The Hall–Kier alpha value is -4.52. The number of sulfonamides is 1. The van der Waals surface area contributed by atoms with Crippen LogP contribution in [0, 0.1) is 57.7 Å². The second kappa shape index (κ2) is 15.1. The van der Waals surface area contributed by atoms with Crippen LogP contribution >= 0.6 is 0 Å². The number of nitriles is 1. The van der Waals surface area contributed by atoms with Crippen LogP contribution in [-0.4, -0.2) is 82.8 Å². The zero-order valence-electron chi connectivity index (χ0n) is 34.7. The van der Waals surface area contributed by atoms with Crippen LogP contribution in [0.25, 0.3) is 11.0 Å². The lowest BCUT2D eigenvalue weighted by molar-refractivity contribution is -0.158. The molecular weight excluding hydrogens is 797 g/mol. The highest BCUT2D eigenvalue weighted by molar-refractivity contribution is 7.91. The summed E-state index contributed by atoms with van der Waals surface area (Å²) in [6, 6.07) is 5.76. The van der Waals surface area contributed by atoms with E-state index in [2.05, 4.69) is 12.1 Å². The summed E-state index contributed by atoms with van der Waals surface area (Å²) in [7, 11) is -4.21. The summed E-state index contributed by atoms with van der Waals surface area (Å²) < 4.78 is 68.6. The van der Waals surface area contributed by atoms with E-state index in [9.17, 15) is 41.6 Å². The van der Waals surface area contributed by atoms with E-state index in [4.69, 9.17) is 19.4 Å². The summed E-state index contributed by atoms with van der Waals surface area (Å²) in [6.45, 7) is 8.48. The molecule has 2 aliphatic heterocycles. The second-order valence-corrected chi connectivity index (χ2v) is 21.7. The van der Waals surface area contributed by atoms with Gasteiger partial charge in [0, 0.05) is 24.7 Å². The zero-order chi connectivity index (χ0) is 43.1. The molecule has 2 bridgehead atoms. The van der Waals surface area contributed by atoms with Gasteiger partial charge in [-0.2, -0.15) is 5.26 Å². The molecule has 13 nitrogen and oxygen atoms in total. The van der Waals surface area contributed by atoms with Crippen molar-refractivity contribution in [2.75, 3.05) is 6.54 Å². The first-order valence-electron chi connectivity index (χ1n) is 21.2. The first-order chi connectivity index (χ1) is 28.2. The molecule has 6 aliphatic rings. The third kappa shape index (κ3) is 7.79. The number of allylic oxidation sites excluding steroid dienone is 2. The van der Waals surface area contributed by atoms with Crippen molar-refractivity contribution in [3.05, 3.63) is 41.6 Å². The molecule has 5 fully saturated rings. The lowest BCUT2D eigenvalue weighted by atomic mass is 9.77. The van der Waals surface area contributed by atoms with Crippen LogP contribution in [-0.2, 0) is 40.4 Å². The number of aromatic nitrogens is 2. The third-order valence-corrected chi connectivity index (χ3v) is 16.6. The molecule has 1 N–H and O–H groups in total. The predicted molar refractivity (Wildman–Crippen MR) is 213 cm³/mol. The normalized spacial score (nSPS) is 34.2. The molecule has 0 spiro atoms. The van der Waals surface area contributed by atoms with Gasteiger partial charge in [-0.25, -0.2) is 27.2 Å². The van der Waals surface area contributed by atoms with Gasteiger partial charge in [0.15, 0.2) is 5.78 Å². The van der Waals surface area contributed by atoms with Gasteiger partial charge in [-0.3, -0.25) is 23.9 Å². The van der Waals surface area contributed by atoms with Crippen LogP contribution in [0.15, 0.2) is 30.4 Å². The number of ether oxygens (including phenoxy) is 2. The fourth-order valence-corrected chi connectivity index (χ4v) is 11.4. The number of hydrogen-bond acceptors (Lipinski definition) is 11. The quantitative estimate of drug-likeness (QED) is 0.261. The molecule has 322 valence electrons. The van der Waals surface area contributed by atoms with Crippen molar-refractivity contribution in [2.45, 2.75) is 128 Å². The van der Waals surface area contributed by atoms with Gasteiger partial charge in [-0.05, 0) is 93.2 Å². The Kier molecular flexibility index (Phi) is 10.6. The summed E-state index contributed by atoms with van der Waals surface area (Å²) in [6.07, 6.45) is 2.90. The topological polar surface area (TPSA) is 186 Å². The number of esters is 1. The number of nitrogens with zero attached hydrogens (tertiary/aromatic N) is 4. The molecule has 4 aliphatic carbocycles. The number of carbonyl (C=O) groups excluding carboxylic acids is 4. The fraction of sp³-hybridized carbons (Fsp3) is 0.659. The first-order valence-corrected chi connectivity index (χ1v) is 22.6. The van der Waals surface area contributed by atoms with Crippen molar-refractivity contribution < 1.29 is 45.9 Å². The number of rotatable bonds is 7. The second-order valence-electron chi connectivity index (χ2n) is 19.5. The summed E-state index contributed by atoms with van der Waals surface area (Å²) in [5.74, 6) is -4.87. The minimum absolute atomic E-state index is 0.142. The molecule has 4 saturated carbocycles. The van der Waals surface area contributed by atoms with E-state index in [-0.39, 0.29) is 30.9 Å². The smallest absolute Gasteiger partial charge is 0.306 e. The van der Waals surface area contributed by atoms with Crippen molar-refractivity contribution in [2.24, 2.45) is 46.3 Å². The number of benzene rings is 1. The molecular formula is C44H53F2N5O8S. The Balaban J connectivity index is 1.16. The number of carbonyl (C=O) groups is 4. The van der Waals surface area contributed by atoms with Crippen LogP contribution in [0.5, 0.6) is 5.88 Å². The molecule has 0 radical (unpaired) electrons. The van der Waals surface area contributed by atoms with E-state index in [1.807, 2.05) is 31.6 Å². The monoisotopic (exact) mass is 849 g/mol. The summed E-state index contributed by atoms with van der Waals surface area (Å²) >= 11 is 0. The molecule has 2 aromatic rings. The number of fused-ring (bicyclic) bond motifs is 7. The van der Waals surface area contributed by atoms with Gasteiger partial charge < -0.3 is 14.4 Å². The summed E-state index contributed by atoms with van der Waals surface area (Å²) in [4.78, 5) is 68.2. The molecule has 1 aromatic heterocycles. The number of hydrogen-bond donors (Lipinski definition) is 1. The SMILES string of the molecule is C[C@@H]1[C@@H]2CN(C(=O)[C@H](C(C)(C)C)CC(=O)O[C@@H]3C[C@@H]4C[C@@H]4[C@H]3CC/C=C/Cc3nc4ccc(C#N)cc4nc3O2)[C@@H]1C(=O)CC1(C(=O)NS(=O)(=O)C2(C)CC2)C[C@H]1C(F)F. The third-order valence-electron chi connectivity index (χ3n) is 14.4. The number of halogens is 2. The molecule has 60 heavy (non-hydrogen) atoms. The van der Waals surface area contributed by atoms with E-state index in [0.29, 0.717) is 53.4 Å². The fourth-order valence-electron chi connectivity index (χ4n) is 10.0. The molecule has 1 aromatic carbocycles. The highest BCUT2D eigenvalue weighted by atomic mass is 32.2. The molecule has 1 unspecified atom stereocenters. The number of amides is 2. The van der Waals surface area contributed by atoms with Gasteiger partial charge in [-0.15, -0.1) is 0 Å². The lowest BCUT2D eigenvalue weighted by Crippen LogP contribution is -2.50. The van der Waals surface area contributed by atoms with Crippen LogP contribution < -0.4 is 9.46 Å². The van der Waals surface area contributed by atoms with E-state index >= 15 is 0 Å². The Labute approximate surface area is 349 Å². The summed E-state index contributed by atoms with van der Waals surface area (Å²) in [5.41, 5.74) is -1.00. The number of ketones is 1. The lowest BCUT2D eigenvalue weighted by Gasteiger charge is -2.35. The van der Waals surface area contributed by atoms with Crippen molar-refractivity contribution in [1.82, 2.24) is 19.6 Å². The van der Waals surface area contributed by atoms with E-state index in [0.717, 1.165) is 25.7 Å². The standard InChI is InChI=1S/C44H53F2N5O8S/c1-23-35-22-51(37(23)33(52)20-44(19-29(44)38(45)46)41(55)50-60(56,57)43(5)13-14-43)40(54)28(42(2,3)4)18-36(53)58-34-17-25-16-27(25)26(34)9-7-6-8-10-31-39(59-35)49-32-15-24(21-47)11-12-30(32)48-31/h6,8,11-12,15,23,25-29,34-35,37-38H,7,9-10,13-14,16-20,22H2,1-5H3,(H,50,55)/b8-6+/t23-,25+,26-,27+,28-,29+,34-,35+,37+,44?/m1/s1.